The van der Waals surface area contributed by atoms with Crippen LogP contribution in [-0.4, -0.2) is 17.9 Å². The number of amides is 2. The summed E-state index contributed by atoms with van der Waals surface area (Å²) in [6.07, 6.45) is 0.174. The van der Waals surface area contributed by atoms with E-state index in [1.54, 1.807) is 18.2 Å². The van der Waals surface area contributed by atoms with Crippen LogP contribution < -0.4 is 11.1 Å². The van der Waals surface area contributed by atoms with Crippen LogP contribution in [0.1, 0.15) is 22.6 Å². The van der Waals surface area contributed by atoms with Gasteiger partial charge in [0.2, 0.25) is 11.8 Å². The fourth-order valence-corrected chi connectivity index (χ4v) is 3.66. The Morgan fingerprint density at radius 2 is 1.41 bits per heavy atom. The van der Waals surface area contributed by atoms with Crippen molar-refractivity contribution in [2.45, 2.75) is 18.4 Å². The van der Waals surface area contributed by atoms with Crippen LogP contribution in [0.4, 0.5) is 0 Å². The van der Waals surface area contributed by atoms with Crippen LogP contribution in [-0.2, 0) is 16.0 Å². The molecule has 3 N–H and O–H groups in total. The molecule has 0 aliphatic heterocycles. The third kappa shape index (κ3) is 5.37. The number of primary amides is 1. The molecule has 0 aliphatic rings. The van der Waals surface area contributed by atoms with Gasteiger partial charge >= 0.3 is 0 Å². The predicted molar refractivity (Wildman–Crippen MR) is 116 cm³/mol. The van der Waals surface area contributed by atoms with Crippen LogP contribution >= 0.6 is 23.2 Å². The number of halogens is 2. The summed E-state index contributed by atoms with van der Waals surface area (Å²) in [5.41, 5.74) is 7.89. The van der Waals surface area contributed by atoms with Crippen molar-refractivity contribution >= 4 is 35.0 Å². The Kier molecular flexibility index (Phi) is 6.91. The zero-order chi connectivity index (χ0) is 20.8. The van der Waals surface area contributed by atoms with Gasteiger partial charge in [-0.15, -0.1) is 0 Å². The summed E-state index contributed by atoms with van der Waals surface area (Å²) in [5.74, 6) is -1.51. The Morgan fingerprint density at radius 3 is 1.90 bits per heavy atom. The fourth-order valence-electron chi connectivity index (χ4n) is 3.17. The van der Waals surface area contributed by atoms with Crippen molar-refractivity contribution in [2.24, 2.45) is 5.73 Å². The Morgan fingerprint density at radius 1 is 0.862 bits per heavy atom. The number of hydrogen-bond donors (Lipinski definition) is 2. The van der Waals surface area contributed by atoms with E-state index < -0.39 is 17.9 Å². The number of rotatable bonds is 7. The smallest absolute Gasteiger partial charge is 0.240 e. The molecule has 29 heavy (non-hydrogen) atoms. The molecule has 3 aromatic rings. The summed E-state index contributed by atoms with van der Waals surface area (Å²) >= 11 is 12.2. The zero-order valence-corrected chi connectivity index (χ0v) is 17.0. The molecule has 0 aliphatic carbocycles. The number of nitrogens with one attached hydrogen (secondary N) is 1. The number of benzene rings is 3. The van der Waals surface area contributed by atoms with Crippen molar-refractivity contribution in [3.63, 3.8) is 0 Å². The molecule has 0 saturated carbocycles. The summed E-state index contributed by atoms with van der Waals surface area (Å²) in [6.45, 7) is 0. The fraction of sp³-hybridized carbons (Fsp3) is 0.130. The third-order valence-electron chi connectivity index (χ3n) is 4.63. The molecule has 148 valence electrons. The Labute approximate surface area is 179 Å². The van der Waals surface area contributed by atoms with Gasteiger partial charge in [0.25, 0.3) is 0 Å². The zero-order valence-electron chi connectivity index (χ0n) is 15.5. The predicted octanol–water partition coefficient (Wildman–Crippen LogP) is 4.34. The molecule has 3 rings (SSSR count). The van der Waals surface area contributed by atoms with E-state index in [9.17, 15) is 9.59 Å². The van der Waals surface area contributed by atoms with Gasteiger partial charge in [-0.2, -0.15) is 0 Å². The Hall–Kier alpha value is -2.82. The van der Waals surface area contributed by atoms with E-state index in [1.807, 2.05) is 60.7 Å². The van der Waals surface area contributed by atoms with E-state index >= 15 is 0 Å². The maximum atomic E-state index is 13.2. The van der Waals surface area contributed by atoms with E-state index in [0.717, 1.165) is 11.1 Å². The quantitative estimate of drug-likeness (QED) is 0.589. The molecule has 0 aromatic heterocycles. The highest BCUT2D eigenvalue weighted by Gasteiger charge is 2.27. The van der Waals surface area contributed by atoms with Gasteiger partial charge in [-0.25, -0.2) is 0 Å². The van der Waals surface area contributed by atoms with Gasteiger partial charge in [-0.1, -0.05) is 89.9 Å². The van der Waals surface area contributed by atoms with Crippen molar-refractivity contribution in [1.29, 1.82) is 0 Å². The molecule has 2 amide bonds. The van der Waals surface area contributed by atoms with Gasteiger partial charge < -0.3 is 11.1 Å². The lowest BCUT2D eigenvalue weighted by Gasteiger charge is -2.22. The first-order valence-corrected chi connectivity index (χ1v) is 9.85. The average Bonchev–Trinajstić information content (AvgIpc) is 2.71. The second-order valence-corrected chi connectivity index (χ2v) is 7.50. The van der Waals surface area contributed by atoms with E-state index in [4.69, 9.17) is 28.9 Å². The highest BCUT2D eigenvalue weighted by atomic mass is 35.5. The summed E-state index contributed by atoms with van der Waals surface area (Å²) < 4.78 is 0. The molecule has 4 nitrogen and oxygen atoms in total. The van der Waals surface area contributed by atoms with E-state index in [2.05, 4.69) is 5.32 Å². The molecule has 6 heteroatoms. The monoisotopic (exact) mass is 426 g/mol. The Balaban J connectivity index is 1.87. The minimum atomic E-state index is -0.906. The van der Waals surface area contributed by atoms with Crippen LogP contribution in [0.3, 0.4) is 0 Å². The highest BCUT2D eigenvalue weighted by Crippen LogP contribution is 2.26. The van der Waals surface area contributed by atoms with E-state index in [-0.39, 0.29) is 12.3 Å². The molecule has 0 saturated heterocycles. The standard InChI is InChI=1S/C23H20Cl2N2O2/c24-18-12-11-17(19(25)14-18)13-20(22(26)28)27-23(29)21(15-7-3-1-4-8-15)16-9-5-2-6-10-16/h1-12,14,20-21H,13H2,(H2,26,28)(H,27,29)/t20-/m1/s1. The van der Waals surface area contributed by atoms with Crippen molar-refractivity contribution in [3.05, 3.63) is 106 Å². The first-order chi connectivity index (χ1) is 14.0. The van der Waals surface area contributed by atoms with Gasteiger partial charge in [0, 0.05) is 16.5 Å². The first kappa shape index (κ1) is 20.9. The molecule has 1 atom stereocenters. The largest absolute Gasteiger partial charge is 0.368 e. The minimum Gasteiger partial charge on any atom is -0.368 e. The molecule has 0 unspecified atom stereocenters. The third-order valence-corrected chi connectivity index (χ3v) is 5.21. The second-order valence-electron chi connectivity index (χ2n) is 6.66. The lowest BCUT2D eigenvalue weighted by Crippen LogP contribution is -2.47. The molecule has 0 radical (unpaired) electrons. The maximum Gasteiger partial charge on any atom is 0.240 e. The van der Waals surface area contributed by atoms with Crippen LogP contribution in [0, 0.1) is 0 Å². The maximum absolute atomic E-state index is 13.2. The van der Waals surface area contributed by atoms with Crippen molar-refractivity contribution in [3.8, 4) is 0 Å². The van der Waals surface area contributed by atoms with E-state index in [1.165, 1.54) is 0 Å². The normalized spacial score (nSPS) is 11.8. The van der Waals surface area contributed by atoms with Crippen LogP contribution in [0.25, 0.3) is 0 Å². The number of carbonyl (C=O) groups is 2. The average molecular weight is 427 g/mol. The van der Waals surface area contributed by atoms with Gasteiger partial charge in [-0.3, -0.25) is 9.59 Å². The lowest BCUT2D eigenvalue weighted by atomic mass is 9.90. The molecule has 0 fully saturated rings. The molecular formula is C23H20Cl2N2O2. The summed E-state index contributed by atoms with van der Waals surface area (Å²) in [6, 6.07) is 22.9. The van der Waals surface area contributed by atoms with Crippen LogP contribution in [0.15, 0.2) is 78.9 Å². The van der Waals surface area contributed by atoms with Crippen molar-refractivity contribution < 1.29 is 9.59 Å². The van der Waals surface area contributed by atoms with Crippen molar-refractivity contribution in [1.82, 2.24) is 5.32 Å². The molecule has 0 heterocycles. The van der Waals surface area contributed by atoms with Crippen molar-refractivity contribution in [2.75, 3.05) is 0 Å². The summed E-state index contributed by atoms with van der Waals surface area (Å²) in [4.78, 5) is 25.3. The van der Waals surface area contributed by atoms with Gasteiger partial charge in [-0.05, 0) is 28.8 Å². The van der Waals surface area contributed by atoms with Crippen LogP contribution in [0.2, 0.25) is 10.0 Å². The summed E-state index contributed by atoms with van der Waals surface area (Å²) in [5, 5.41) is 3.71. The molecular weight excluding hydrogens is 407 g/mol. The number of hydrogen-bond acceptors (Lipinski definition) is 2. The van der Waals surface area contributed by atoms with Gasteiger partial charge in [0.1, 0.15) is 6.04 Å². The van der Waals surface area contributed by atoms with Crippen LogP contribution in [0.5, 0.6) is 0 Å². The summed E-state index contributed by atoms with van der Waals surface area (Å²) in [7, 11) is 0. The number of nitrogens with two attached hydrogens (primary N) is 1. The lowest BCUT2D eigenvalue weighted by molar-refractivity contribution is -0.127. The molecule has 0 spiro atoms. The van der Waals surface area contributed by atoms with E-state index in [0.29, 0.717) is 15.6 Å². The van der Waals surface area contributed by atoms with Gasteiger partial charge in [0.15, 0.2) is 0 Å². The SMILES string of the molecule is NC(=O)[C@@H](Cc1ccc(Cl)cc1Cl)NC(=O)C(c1ccccc1)c1ccccc1. The molecule has 3 aromatic carbocycles. The Bertz CT molecular complexity index is 955. The first-order valence-electron chi connectivity index (χ1n) is 9.09. The molecule has 0 bridgehead atoms. The topological polar surface area (TPSA) is 72.2 Å². The number of carbonyl (C=O) groups excluding carboxylic acids is 2. The minimum absolute atomic E-state index is 0.174. The highest BCUT2D eigenvalue weighted by molar-refractivity contribution is 6.35. The van der Waals surface area contributed by atoms with Gasteiger partial charge in [0.05, 0.1) is 5.92 Å². The second kappa shape index (κ2) is 9.59.